The number of aromatic carboxylic acids is 1. The van der Waals surface area contributed by atoms with Crippen molar-refractivity contribution in [3.8, 4) is 0 Å². The summed E-state index contributed by atoms with van der Waals surface area (Å²) in [7, 11) is 0. The number of nitrogens with zero attached hydrogens (tertiary/aromatic N) is 1. The largest absolute Gasteiger partial charge is 0.478 e. The van der Waals surface area contributed by atoms with Crippen LogP contribution in [0, 0.1) is 0 Å². The Balaban J connectivity index is 1.56. The average Bonchev–Trinajstić information content (AvgIpc) is 2.99. The molecule has 0 atom stereocenters. The second kappa shape index (κ2) is 6.66. The van der Waals surface area contributed by atoms with E-state index in [1.807, 2.05) is 30.3 Å². The Morgan fingerprint density at radius 3 is 2.83 bits per heavy atom. The zero-order chi connectivity index (χ0) is 16.2. The molecule has 0 saturated carbocycles. The summed E-state index contributed by atoms with van der Waals surface area (Å²) >= 11 is 0. The lowest BCUT2D eigenvalue weighted by molar-refractivity contribution is 0.0582. The van der Waals surface area contributed by atoms with E-state index < -0.39 is 5.97 Å². The fourth-order valence-electron chi connectivity index (χ4n) is 2.62. The van der Waals surface area contributed by atoms with E-state index in [4.69, 9.17) is 14.3 Å². The van der Waals surface area contributed by atoms with Crippen LogP contribution >= 0.6 is 0 Å². The van der Waals surface area contributed by atoms with Crippen LogP contribution in [0.5, 0.6) is 0 Å². The lowest BCUT2D eigenvalue weighted by atomic mass is 10.0. The van der Waals surface area contributed by atoms with Gasteiger partial charge in [0.05, 0.1) is 18.8 Å². The SMILES string of the molecule is O=C(O)c1coc2c1C(=O)N(CCOCc1ccccc1)CC2. The molecule has 3 rings (SSSR count). The topological polar surface area (TPSA) is 80.0 Å². The molecular formula is C17H17NO5. The fourth-order valence-corrected chi connectivity index (χ4v) is 2.62. The van der Waals surface area contributed by atoms with Crippen LogP contribution in [-0.2, 0) is 17.8 Å². The molecule has 0 bridgehead atoms. The van der Waals surface area contributed by atoms with Crippen LogP contribution in [0.15, 0.2) is 41.0 Å². The number of rotatable bonds is 6. The summed E-state index contributed by atoms with van der Waals surface area (Å²) in [6.07, 6.45) is 1.66. The summed E-state index contributed by atoms with van der Waals surface area (Å²) in [5.74, 6) is -1.000. The zero-order valence-corrected chi connectivity index (χ0v) is 12.5. The number of hydrogen-bond acceptors (Lipinski definition) is 4. The molecule has 1 aromatic heterocycles. The minimum absolute atomic E-state index is 0.0695. The van der Waals surface area contributed by atoms with Crippen molar-refractivity contribution in [2.45, 2.75) is 13.0 Å². The average molecular weight is 315 g/mol. The van der Waals surface area contributed by atoms with E-state index in [0.29, 0.717) is 38.5 Å². The number of hydrogen-bond donors (Lipinski definition) is 1. The molecule has 6 heteroatoms. The highest BCUT2D eigenvalue weighted by Gasteiger charge is 2.32. The Bertz CT molecular complexity index is 707. The molecule has 6 nitrogen and oxygen atoms in total. The van der Waals surface area contributed by atoms with Gasteiger partial charge in [0, 0.05) is 19.5 Å². The summed E-state index contributed by atoms with van der Waals surface area (Å²) < 4.78 is 10.8. The number of carboxylic acid groups (broad SMARTS) is 1. The fraction of sp³-hybridized carbons (Fsp3) is 0.294. The van der Waals surface area contributed by atoms with Crippen LogP contribution in [0.25, 0.3) is 0 Å². The number of carbonyl (C=O) groups excluding carboxylic acids is 1. The number of carbonyl (C=O) groups is 2. The highest BCUT2D eigenvalue weighted by atomic mass is 16.5. The first-order valence-electron chi connectivity index (χ1n) is 7.41. The van der Waals surface area contributed by atoms with Crippen molar-refractivity contribution < 1.29 is 23.8 Å². The number of carboxylic acids is 1. The van der Waals surface area contributed by atoms with Crippen LogP contribution in [0.4, 0.5) is 0 Å². The van der Waals surface area contributed by atoms with E-state index in [0.717, 1.165) is 11.8 Å². The third-order valence-electron chi connectivity index (χ3n) is 3.82. The van der Waals surface area contributed by atoms with E-state index in [1.165, 1.54) is 0 Å². The van der Waals surface area contributed by atoms with Gasteiger partial charge in [-0.3, -0.25) is 4.79 Å². The molecule has 0 fully saturated rings. The molecule has 2 aromatic rings. The number of furan rings is 1. The van der Waals surface area contributed by atoms with Gasteiger partial charge in [-0.1, -0.05) is 30.3 Å². The van der Waals surface area contributed by atoms with Gasteiger partial charge in [0.2, 0.25) is 0 Å². The van der Waals surface area contributed by atoms with Gasteiger partial charge in [-0.2, -0.15) is 0 Å². The van der Waals surface area contributed by atoms with Crippen molar-refractivity contribution in [2.24, 2.45) is 0 Å². The summed E-state index contributed by atoms with van der Waals surface area (Å²) in [4.78, 5) is 25.2. The van der Waals surface area contributed by atoms with Gasteiger partial charge in [-0.15, -0.1) is 0 Å². The van der Waals surface area contributed by atoms with E-state index in [2.05, 4.69) is 0 Å². The summed E-state index contributed by atoms with van der Waals surface area (Å²) in [5.41, 5.74) is 1.18. The first kappa shape index (κ1) is 15.3. The second-order valence-electron chi connectivity index (χ2n) is 5.33. The number of ether oxygens (including phenoxy) is 1. The van der Waals surface area contributed by atoms with Crippen LogP contribution in [0.1, 0.15) is 32.0 Å². The molecular weight excluding hydrogens is 298 g/mol. The number of amides is 1. The molecule has 1 aliphatic heterocycles. The molecule has 1 amide bonds. The van der Waals surface area contributed by atoms with Crippen LogP contribution in [0.2, 0.25) is 0 Å². The van der Waals surface area contributed by atoms with Crippen LogP contribution in [0.3, 0.4) is 0 Å². The monoisotopic (exact) mass is 315 g/mol. The van der Waals surface area contributed by atoms with E-state index >= 15 is 0 Å². The van der Waals surface area contributed by atoms with E-state index in [9.17, 15) is 9.59 Å². The van der Waals surface area contributed by atoms with Crippen molar-refractivity contribution in [1.82, 2.24) is 4.90 Å². The Morgan fingerprint density at radius 2 is 2.09 bits per heavy atom. The van der Waals surface area contributed by atoms with Crippen molar-refractivity contribution >= 4 is 11.9 Å². The van der Waals surface area contributed by atoms with Crippen molar-refractivity contribution in [3.63, 3.8) is 0 Å². The van der Waals surface area contributed by atoms with Crippen molar-refractivity contribution in [2.75, 3.05) is 19.7 Å². The van der Waals surface area contributed by atoms with Gasteiger partial charge in [0.1, 0.15) is 17.6 Å². The minimum atomic E-state index is -1.15. The minimum Gasteiger partial charge on any atom is -0.478 e. The van der Waals surface area contributed by atoms with Gasteiger partial charge < -0.3 is 19.2 Å². The lowest BCUT2D eigenvalue weighted by Crippen LogP contribution is -2.39. The standard InChI is InChI=1S/C17H17NO5/c19-16-15-13(17(20)21)11-23-14(15)6-7-18(16)8-9-22-10-12-4-2-1-3-5-12/h1-5,11H,6-10H2,(H,20,21). The predicted octanol–water partition coefficient (Wildman–Crippen LogP) is 2.19. The zero-order valence-electron chi connectivity index (χ0n) is 12.5. The van der Waals surface area contributed by atoms with Crippen LogP contribution in [-0.4, -0.2) is 41.6 Å². The molecule has 0 unspecified atom stereocenters. The Kier molecular flexibility index (Phi) is 4.43. The van der Waals surface area contributed by atoms with Gasteiger partial charge in [-0.05, 0) is 5.56 Å². The van der Waals surface area contributed by atoms with E-state index in [1.54, 1.807) is 4.90 Å². The Hall–Kier alpha value is -2.60. The molecule has 0 spiro atoms. The van der Waals surface area contributed by atoms with Crippen LogP contribution < -0.4 is 0 Å². The number of benzene rings is 1. The predicted molar refractivity (Wildman–Crippen MR) is 81.4 cm³/mol. The Labute approximate surface area is 133 Å². The third-order valence-corrected chi connectivity index (χ3v) is 3.82. The molecule has 0 radical (unpaired) electrons. The van der Waals surface area contributed by atoms with Crippen molar-refractivity contribution in [1.29, 1.82) is 0 Å². The second-order valence-corrected chi connectivity index (χ2v) is 5.33. The summed E-state index contributed by atoms with van der Waals surface area (Å²) in [6.45, 7) is 1.82. The first-order valence-corrected chi connectivity index (χ1v) is 7.41. The maximum Gasteiger partial charge on any atom is 0.339 e. The smallest absolute Gasteiger partial charge is 0.339 e. The van der Waals surface area contributed by atoms with E-state index in [-0.39, 0.29) is 17.0 Å². The normalized spacial score (nSPS) is 13.9. The molecule has 0 saturated heterocycles. The summed E-state index contributed by atoms with van der Waals surface area (Å²) in [6, 6.07) is 9.78. The Morgan fingerprint density at radius 1 is 1.30 bits per heavy atom. The quantitative estimate of drug-likeness (QED) is 0.827. The highest BCUT2D eigenvalue weighted by molar-refractivity contribution is 6.06. The molecule has 2 heterocycles. The van der Waals surface area contributed by atoms with Crippen molar-refractivity contribution in [3.05, 3.63) is 59.0 Å². The third kappa shape index (κ3) is 3.27. The maximum atomic E-state index is 12.4. The molecule has 1 aromatic carbocycles. The molecule has 23 heavy (non-hydrogen) atoms. The van der Waals surface area contributed by atoms with Gasteiger partial charge in [0.15, 0.2) is 0 Å². The van der Waals surface area contributed by atoms with Gasteiger partial charge in [-0.25, -0.2) is 4.79 Å². The lowest BCUT2D eigenvalue weighted by Gasteiger charge is -2.26. The van der Waals surface area contributed by atoms with Gasteiger partial charge >= 0.3 is 5.97 Å². The van der Waals surface area contributed by atoms with Gasteiger partial charge in [0.25, 0.3) is 5.91 Å². The maximum absolute atomic E-state index is 12.4. The molecule has 0 aliphatic carbocycles. The summed E-state index contributed by atoms with van der Waals surface area (Å²) in [5, 5.41) is 9.12. The molecule has 1 N–H and O–H groups in total. The first-order chi connectivity index (χ1) is 11.2. The highest BCUT2D eigenvalue weighted by Crippen LogP contribution is 2.24. The number of fused-ring (bicyclic) bond motifs is 1. The molecule has 1 aliphatic rings. The molecule has 120 valence electrons.